The van der Waals surface area contributed by atoms with E-state index in [0.717, 1.165) is 11.1 Å². The van der Waals surface area contributed by atoms with Crippen LogP contribution >= 0.6 is 0 Å². The minimum Gasteiger partial charge on any atom is -0.506 e. The smallest absolute Gasteiger partial charge is 0.255 e. The number of rotatable bonds is 3. The van der Waals surface area contributed by atoms with E-state index in [9.17, 15) is 9.90 Å². The summed E-state index contributed by atoms with van der Waals surface area (Å²) in [5, 5.41) is 12.8. The summed E-state index contributed by atoms with van der Waals surface area (Å²) in [6, 6.07) is 10.5. The number of ether oxygens (including phenoxy) is 1. The van der Waals surface area contributed by atoms with Crippen molar-refractivity contribution >= 4 is 11.6 Å². The number of carbonyl (C=O) groups is 1. The van der Waals surface area contributed by atoms with Crippen LogP contribution in [0.15, 0.2) is 36.4 Å². The van der Waals surface area contributed by atoms with Gasteiger partial charge in [0.05, 0.1) is 12.8 Å². The van der Waals surface area contributed by atoms with Crippen LogP contribution in [0.2, 0.25) is 0 Å². The summed E-state index contributed by atoms with van der Waals surface area (Å²) in [5.74, 6) is 0.417. The number of hydrogen-bond donors (Lipinski definition) is 2. The maximum atomic E-state index is 12.4. The monoisotopic (exact) mass is 313 g/mol. The van der Waals surface area contributed by atoms with Crippen molar-refractivity contribution in [2.24, 2.45) is 0 Å². The number of phenolic OH excluding ortho intramolecular Hbond substituents is 1. The fraction of sp³-hybridized carbons (Fsp3) is 0.316. The van der Waals surface area contributed by atoms with E-state index in [1.807, 2.05) is 19.1 Å². The van der Waals surface area contributed by atoms with Crippen molar-refractivity contribution in [2.75, 3.05) is 12.4 Å². The fourth-order valence-electron chi connectivity index (χ4n) is 2.26. The van der Waals surface area contributed by atoms with E-state index in [-0.39, 0.29) is 17.1 Å². The molecule has 122 valence electrons. The van der Waals surface area contributed by atoms with E-state index in [0.29, 0.717) is 17.0 Å². The van der Waals surface area contributed by atoms with E-state index in [1.54, 1.807) is 31.4 Å². The summed E-state index contributed by atoms with van der Waals surface area (Å²) in [7, 11) is 1.57. The Balaban J connectivity index is 2.30. The second kappa shape index (κ2) is 6.32. The number of nitrogens with one attached hydrogen (secondary N) is 1. The molecule has 2 rings (SSSR count). The van der Waals surface area contributed by atoms with E-state index in [1.165, 1.54) is 0 Å². The first kappa shape index (κ1) is 16.9. The van der Waals surface area contributed by atoms with Crippen molar-refractivity contribution in [3.05, 3.63) is 53.1 Å². The number of phenols is 1. The van der Waals surface area contributed by atoms with Crippen molar-refractivity contribution in [1.82, 2.24) is 0 Å². The molecule has 1 amide bonds. The summed E-state index contributed by atoms with van der Waals surface area (Å²) in [6.45, 7) is 8.15. The number of methoxy groups -OCH3 is 1. The second-order valence-electron chi connectivity index (χ2n) is 6.62. The number of carbonyl (C=O) groups excluding carboxylic acids is 1. The summed E-state index contributed by atoms with van der Waals surface area (Å²) < 4.78 is 5.24. The van der Waals surface area contributed by atoms with Gasteiger partial charge in [0.15, 0.2) is 0 Å². The first-order valence-corrected chi connectivity index (χ1v) is 7.52. The molecule has 0 fully saturated rings. The first-order chi connectivity index (χ1) is 10.7. The summed E-state index contributed by atoms with van der Waals surface area (Å²) in [5.41, 5.74) is 2.81. The van der Waals surface area contributed by atoms with Gasteiger partial charge in [-0.1, -0.05) is 32.9 Å². The van der Waals surface area contributed by atoms with Gasteiger partial charge in [-0.3, -0.25) is 4.79 Å². The van der Waals surface area contributed by atoms with Gasteiger partial charge in [0.25, 0.3) is 5.91 Å². The van der Waals surface area contributed by atoms with Crippen molar-refractivity contribution in [3.8, 4) is 11.5 Å². The minimum atomic E-state index is -0.287. The average molecular weight is 313 g/mol. The average Bonchev–Trinajstić information content (AvgIpc) is 2.48. The van der Waals surface area contributed by atoms with Gasteiger partial charge < -0.3 is 15.2 Å². The van der Waals surface area contributed by atoms with Crippen LogP contribution in [0.5, 0.6) is 11.5 Å². The van der Waals surface area contributed by atoms with E-state index < -0.39 is 0 Å². The largest absolute Gasteiger partial charge is 0.506 e. The van der Waals surface area contributed by atoms with Crippen LogP contribution in [0.25, 0.3) is 0 Å². The molecule has 2 aromatic rings. The van der Waals surface area contributed by atoms with Crippen LogP contribution in [0.4, 0.5) is 5.69 Å². The SMILES string of the molecule is COc1cc(C(=O)Nc2cc(C(C)(C)C)ccc2O)ccc1C. The molecule has 0 aromatic heterocycles. The normalized spacial score (nSPS) is 11.2. The third-order valence-corrected chi connectivity index (χ3v) is 3.78. The van der Waals surface area contributed by atoms with Crippen molar-refractivity contribution < 1.29 is 14.6 Å². The lowest BCUT2D eigenvalue weighted by Crippen LogP contribution is -2.15. The van der Waals surface area contributed by atoms with Crippen LogP contribution in [0.1, 0.15) is 42.3 Å². The lowest BCUT2D eigenvalue weighted by Gasteiger charge is -2.20. The standard InChI is InChI=1S/C19H23NO3/c1-12-6-7-13(10-17(12)23-5)18(22)20-15-11-14(19(2,3)4)8-9-16(15)21/h6-11,21H,1-5H3,(H,20,22). The first-order valence-electron chi connectivity index (χ1n) is 7.52. The number of amides is 1. The van der Waals surface area contributed by atoms with Crippen molar-refractivity contribution in [2.45, 2.75) is 33.1 Å². The molecule has 0 unspecified atom stereocenters. The fourth-order valence-corrected chi connectivity index (χ4v) is 2.26. The highest BCUT2D eigenvalue weighted by atomic mass is 16.5. The zero-order chi connectivity index (χ0) is 17.2. The third kappa shape index (κ3) is 3.83. The molecular formula is C19H23NO3. The molecule has 0 atom stereocenters. The molecule has 0 saturated carbocycles. The van der Waals surface area contributed by atoms with Crippen molar-refractivity contribution in [1.29, 1.82) is 0 Å². The summed E-state index contributed by atoms with van der Waals surface area (Å²) in [4.78, 5) is 12.4. The quantitative estimate of drug-likeness (QED) is 0.832. The molecule has 4 nitrogen and oxygen atoms in total. The van der Waals surface area contributed by atoms with Crippen LogP contribution in [0.3, 0.4) is 0 Å². The van der Waals surface area contributed by atoms with E-state index >= 15 is 0 Å². The predicted octanol–water partition coefficient (Wildman–Crippen LogP) is 4.26. The van der Waals surface area contributed by atoms with E-state index in [4.69, 9.17) is 4.74 Å². The zero-order valence-electron chi connectivity index (χ0n) is 14.2. The Morgan fingerprint density at radius 2 is 1.83 bits per heavy atom. The van der Waals surface area contributed by atoms with Crippen LogP contribution in [-0.2, 0) is 5.41 Å². The molecule has 2 aromatic carbocycles. The molecule has 0 aliphatic heterocycles. The van der Waals surface area contributed by atoms with Crippen LogP contribution in [-0.4, -0.2) is 18.1 Å². The Labute approximate surface area is 137 Å². The number of benzene rings is 2. The molecule has 0 spiro atoms. The lowest BCUT2D eigenvalue weighted by atomic mass is 9.87. The van der Waals surface area contributed by atoms with Gasteiger partial charge in [0.2, 0.25) is 0 Å². The molecular weight excluding hydrogens is 290 g/mol. The molecule has 0 bridgehead atoms. The lowest BCUT2D eigenvalue weighted by molar-refractivity contribution is 0.102. The summed E-state index contributed by atoms with van der Waals surface area (Å²) in [6.07, 6.45) is 0. The van der Waals surface area contributed by atoms with E-state index in [2.05, 4.69) is 26.1 Å². The van der Waals surface area contributed by atoms with Crippen molar-refractivity contribution in [3.63, 3.8) is 0 Å². The zero-order valence-corrected chi connectivity index (χ0v) is 14.2. The molecule has 23 heavy (non-hydrogen) atoms. The Morgan fingerprint density at radius 3 is 2.43 bits per heavy atom. The Hall–Kier alpha value is -2.49. The van der Waals surface area contributed by atoms with Gasteiger partial charge in [0, 0.05) is 5.56 Å². The molecule has 4 heteroatoms. The maximum absolute atomic E-state index is 12.4. The Kier molecular flexibility index (Phi) is 4.64. The highest BCUT2D eigenvalue weighted by Crippen LogP contribution is 2.31. The number of anilines is 1. The number of hydrogen-bond acceptors (Lipinski definition) is 3. The van der Waals surface area contributed by atoms with Gasteiger partial charge in [-0.25, -0.2) is 0 Å². The number of aromatic hydroxyl groups is 1. The summed E-state index contributed by atoms with van der Waals surface area (Å²) >= 11 is 0. The van der Waals surface area contributed by atoms with Gasteiger partial charge in [-0.15, -0.1) is 0 Å². The molecule has 0 aliphatic rings. The number of aryl methyl sites for hydroxylation is 1. The maximum Gasteiger partial charge on any atom is 0.255 e. The topological polar surface area (TPSA) is 58.6 Å². The van der Waals surface area contributed by atoms with Gasteiger partial charge in [-0.05, 0) is 47.7 Å². The Bertz CT molecular complexity index is 730. The van der Waals surface area contributed by atoms with Gasteiger partial charge in [0.1, 0.15) is 11.5 Å². The molecule has 0 heterocycles. The highest BCUT2D eigenvalue weighted by Gasteiger charge is 2.17. The van der Waals surface area contributed by atoms with Crippen LogP contribution < -0.4 is 10.1 Å². The molecule has 0 radical (unpaired) electrons. The predicted molar refractivity (Wildman–Crippen MR) is 92.5 cm³/mol. The van der Waals surface area contributed by atoms with Gasteiger partial charge >= 0.3 is 0 Å². The third-order valence-electron chi connectivity index (χ3n) is 3.78. The molecule has 0 saturated heterocycles. The Morgan fingerprint density at radius 1 is 1.13 bits per heavy atom. The van der Waals surface area contributed by atoms with Crippen LogP contribution in [0, 0.1) is 6.92 Å². The molecule has 2 N–H and O–H groups in total. The minimum absolute atomic E-state index is 0.0467. The highest BCUT2D eigenvalue weighted by molar-refractivity contribution is 6.05. The van der Waals surface area contributed by atoms with Gasteiger partial charge in [-0.2, -0.15) is 0 Å². The second-order valence-corrected chi connectivity index (χ2v) is 6.62. The molecule has 0 aliphatic carbocycles.